The summed E-state index contributed by atoms with van der Waals surface area (Å²) < 4.78 is 26.9. The van der Waals surface area contributed by atoms with E-state index < -0.39 is 16.1 Å². The van der Waals surface area contributed by atoms with Gasteiger partial charge in [0.1, 0.15) is 4.21 Å². The summed E-state index contributed by atoms with van der Waals surface area (Å²) in [5.41, 5.74) is 0. The fourth-order valence-electron chi connectivity index (χ4n) is 0.944. The van der Waals surface area contributed by atoms with Crippen molar-refractivity contribution in [3.63, 3.8) is 0 Å². The maximum Gasteiger partial charge on any atom is 0.250 e. The Labute approximate surface area is 108 Å². The highest BCUT2D eigenvalue weighted by Gasteiger charge is 2.18. The number of aliphatic hydroxyl groups is 1. The Hall–Kier alpha value is 0.0500. The standard InChI is InChI=1S/C9H14BrNO3S2/c1-6(2)7(12)5-11-16(13,14)9-4-3-8(10)15-9/h3-4,6-7,11-12H,5H2,1-2H3. The lowest BCUT2D eigenvalue weighted by Crippen LogP contribution is -2.34. The molecule has 1 rings (SSSR count). The van der Waals surface area contributed by atoms with Crippen LogP contribution in [0.25, 0.3) is 0 Å². The van der Waals surface area contributed by atoms with Crippen LogP contribution in [0, 0.1) is 5.92 Å². The second kappa shape index (κ2) is 5.59. The predicted octanol–water partition coefficient (Wildman–Crippen LogP) is 1.81. The second-order valence-electron chi connectivity index (χ2n) is 3.72. The summed E-state index contributed by atoms with van der Waals surface area (Å²) in [4.78, 5) is 0. The zero-order valence-electron chi connectivity index (χ0n) is 8.97. The van der Waals surface area contributed by atoms with Gasteiger partial charge in [-0.15, -0.1) is 11.3 Å². The van der Waals surface area contributed by atoms with Gasteiger partial charge in [0.2, 0.25) is 10.0 Å². The summed E-state index contributed by atoms with van der Waals surface area (Å²) in [5, 5.41) is 9.51. The van der Waals surface area contributed by atoms with Crippen molar-refractivity contribution in [2.75, 3.05) is 6.54 Å². The van der Waals surface area contributed by atoms with Crippen molar-refractivity contribution < 1.29 is 13.5 Å². The number of halogens is 1. The molecule has 0 saturated carbocycles. The Morgan fingerprint density at radius 3 is 2.56 bits per heavy atom. The van der Waals surface area contributed by atoms with Gasteiger partial charge in [-0.05, 0) is 34.0 Å². The van der Waals surface area contributed by atoms with Crippen LogP contribution in [0.3, 0.4) is 0 Å². The molecule has 0 amide bonds. The number of rotatable bonds is 5. The van der Waals surface area contributed by atoms with Gasteiger partial charge in [0.25, 0.3) is 0 Å². The van der Waals surface area contributed by atoms with Crippen molar-refractivity contribution in [3.8, 4) is 0 Å². The molecule has 92 valence electrons. The SMILES string of the molecule is CC(C)C(O)CNS(=O)(=O)c1ccc(Br)s1. The maximum absolute atomic E-state index is 11.7. The molecule has 1 aromatic heterocycles. The van der Waals surface area contributed by atoms with Crippen LogP contribution in [-0.2, 0) is 10.0 Å². The van der Waals surface area contributed by atoms with E-state index in [0.29, 0.717) is 0 Å². The van der Waals surface area contributed by atoms with E-state index >= 15 is 0 Å². The van der Waals surface area contributed by atoms with Crippen LogP contribution in [0.1, 0.15) is 13.8 Å². The van der Waals surface area contributed by atoms with Crippen LogP contribution in [0.2, 0.25) is 0 Å². The maximum atomic E-state index is 11.7. The largest absolute Gasteiger partial charge is 0.391 e. The van der Waals surface area contributed by atoms with Crippen molar-refractivity contribution in [2.24, 2.45) is 5.92 Å². The number of sulfonamides is 1. The lowest BCUT2D eigenvalue weighted by Gasteiger charge is -2.14. The van der Waals surface area contributed by atoms with E-state index in [-0.39, 0.29) is 16.7 Å². The highest BCUT2D eigenvalue weighted by Crippen LogP contribution is 2.25. The summed E-state index contributed by atoms with van der Waals surface area (Å²) in [6.45, 7) is 3.71. The first-order valence-electron chi connectivity index (χ1n) is 4.76. The van der Waals surface area contributed by atoms with Crippen LogP contribution < -0.4 is 4.72 Å². The Kier molecular flexibility index (Phi) is 4.93. The van der Waals surface area contributed by atoms with Gasteiger partial charge in [0.05, 0.1) is 9.89 Å². The minimum absolute atomic E-state index is 0.0257. The van der Waals surface area contributed by atoms with Crippen molar-refractivity contribution in [3.05, 3.63) is 15.9 Å². The van der Waals surface area contributed by atoms with Crippen LogP contribution >= 0.6 is 27.3 Å². The van der Waals surface area contributed by atoms with E-state index in [1.807, 2.05) is 13.8 Å². The molecule has 16 heavy (non-hydrogen) atoms. The first-order valence-corrected chi connectivity index (χ1v) is 7.85. The summed E-state index contributed by atoms with van der Waals surface area (Å²) in [7, 11) is -3.49. The third-order valence-corrected chi connectivity index (χ3v) is 5.60. The van der Waals surface area contributed by atoms with E-state index in [1.54, 1.807) is 6.07 Å². The van der Waals surface area contributed by atoms with Gasteiger partial charge in [-0.3, -0.25) is 0 Å². The van der Waals surface area contributed by atoms with Gasteiger partial charge in [0.15, 0.2) is 0 Å². The van der Waals surface area contributed by atoms with E-state index in [9.17, 15) is 13.5 Å². The quantitative estimate of drug-likeness (QED) is 0.866. The predicted molar refractivity (Wildman–Crippen MR) is 68.1 cm³/mol. The van der Waals surface area contributed by atoms with Crippen molar-refractivity contribution in [2.45, 2.75) is 24.2 Å². The first-order chi connectivity index (χ1) is 7.33. The summed E-state index contributed by atoms with van der Waals surface area (Å²) >= 11 is 4.34. The summed E-state index contributed by atoms with van der Waals surface area (Å²) in [5.74, 6) is 0.0257. The Morgan fingerprint density at radius 1 is 1.50 bits per heavy atom. The van der Waals surface area contributed by atoms with Gasteiger partial charge >= 0.3 is 0 Å². The van der Waals surface area contributed by atoms with E-state index in [4.69, 9.17) is 0 Å². The minimum Gasteiger partial charge on any atom is -0.391 e. The Bertz CT molecular complexity index is 441. The molecule has 0 aliphatic carbocycles. The summed E-state index contributed by atoms with van der Waals surface area (Å²) in [6, 6.07) is 3.21. The number of thiophene rings is 1. The smallest absolute Gasteiger partial charge is 0.250 e. The van der Waals surface area contributed by atoms with Crippen LogP contribution in [0.5, 0.6) is 0 Å². The fraction of sp³-hybridized carbons (Fsp3) is 0.556. The molecule has 0 radical (unpaired) electrons. The second-order valence-corrected chi connectivity index (χ2v) is 8.18. The Balaban J connectivity index is 2.67. The molecule has 0 aliphatic rings. The van der Waals surface area contributed by atoms with E-state index in [1.165, 1.54) is 6.07 Å². The Morgan fingerprint density at radius 2 is 2.12 bits per heavy atom. The molecule has 0 aliphatic heterocycles. The molecule has 0 fully saturated rings. The van der Waals surface area contributed by atoms with E-state index in [0.717, 1.165) is 15.1 Å². The molecule has 7 heteroatoms. The molecule has 0 spiro atoms. The van der Waals surface area contributed by atoms with Crippen LogP contribution in [-0.4, -0.2) is 26.2 Å². The van der Waals surface area contributed by atoms with Gasteiger partial charge in [0, 0.05) is 6.54 Å². The molecule has 1 atom stereocenters. The third kappa shape index (κ3) is 3.81. The van der Waals surface area contributed by atoms with Gasteiger partial charge in [-0.2, -0.15) is 0 Å². The molecule has 0 aromatic carbocycles. The van der Waals surface area contributed by atoms with Crippen molar-refractivity contribution in [1.82, 2.24) is 4.72 Å². The molecular weight excluding hydrogens is 314 g/mol. The minimum atomic E-state index is -3.49. The normalized spacial score (nSPS) is 14.3. The molecule has 0 saturated heterocycles. The number of hydrogen-bond acceptors (Lipinski definition) is 4. The highest BCUT2D eigenvalue weighted by atomic mass is 79.9. The highest BCUT2D eigenvalue weighted by molar-refractivity contribution is 9.11. The third-order valence-electron chi connectivity index (χ3n) is 2.07. The van der Waals surface area contributed by atoms with Gasteiger partial charge < -0.3 is 5.11 Å². The lowest BCUT2D eigenvalue weighted by atomic mass is 10.1. The molecule has 4 nitrogen and oxygen atoms in total. The van der Waals surface area contributed by atoms with Crippen LogP contribution in [0.4, 0.5) is 0 Å². The topological polar surface area (TPSA) is 66.4 Å². The molecule has 0 bridgehead atoms. The van der Waals surface area contributed by atoms with Crippen molar-refractivity contribution >= 4 is 37.3 Å². The van der Waals surface area contributed by atoms with E-state index in [2.05, 4.69) is 20.7 Å². The van der Waals surface area contributed by atoms with Gasteiger partial charge in [-0.25, -0.2) is 13.1 Å². The average molecular weight is 328 g/mol. The van der Waals surface area contributed by atoms with Gasteiger partial charge in [-0.1, -0.05) is 13.8 Å². The fourth-order valence-corrected chi connectivity index (χ4v) is 4.05. The number of hydrogen-bond donors (Lipinski definition) is 2. The van der Waals surface area contributed by atoms with Crippen molar-refractivity contribution in [1.29, 1.82) is 0 Å². The average Bonchev–Trinajstić information content (AvgIpc) is 2.61. The molecule has 1 heterocycles. The molecule has 2 N–H and O–H groups in total. The monoisotopic (exact) mass is 327 g/mol. The molecule has 1 unspecified atom stereocenters. The summed E-state index contributed by atoms with van der Waals surface area (Å²) in [6.07, 6.45) is -0.668. The van der Waals surface area contributed by atoms with Crippen LogP contribution in [0.15, 0.2) is 20.1 Å². The number of nitrogens with one attached hydrogen (secondary N) is 1. The number of aliphatic hydroxyl groups excluding tert-OH is 1. The first kappa shape index (κ1) is 14.1. The zero-order valence-corrected chi connectivity index (χ0v) is 12.2. The molecular formula is C9H14BrNO3S2. The lowest BCUT2D eigenvalue weighted by molar-refractivity contribution is 0.129. The zero-order chi connectivity index (χ0) is 12.3. The molecule has 1 aromatic rings.